The fourth-order valence-corrected chi connectivity index (χ4v) is 2.38. The predicted molar refractivity (Wildman–Crippen MR) is 80.3 cm³/mol. The number of hydrogen-bond acceptors (Lipinski definition) is 2. The number of aryl methyl sites for hydroxylation is 1. The average Bonchev–Trinajstić information content (AvgIpc) is 2.48. The van der Waals surface area contributed by atoms with Crippen molar-refractivity contribution in [2.45, 2.75) is 32.3 Å². The highest BCUT2D eigenvalue weighted by Gasteiger charge is 2.25. The largest absolute Gasteiger partial charge is 0.381 e. The molecule has 0 saturated carbocycles. The van der Waals surface area contributed by atoms with Crippen LogP contribution in [-0.4, -0.2) is 5.11 Å². The Morgan fingerprint density at radius 1 is 1.10 bits per heavy atom. The lowest BCUT2D eigenvalue weighted by atomic mass is 9.86. The Morgan fingerprint density at radius 2 is 1.75 bits per heavy atom. The molecule has 1 unspecified atom stereocenters. The van der Waals surface area contributed by atoms with Crippen molar-refractivity contribution in [1.82, 2.24) is 0 Å². The zero-order chi connectivity index (χ0) is 14.6. The fourth-order valence-electron chi connectivity index (χ4n) is 2.38. The van der Waals surface area contributed by atoms with Gasteiger partial charge < -0.3 is 5.11 Å². The summed E-state index contributed by atoms with van der Waals surface area (Å²) in [6, 6.07) is 17.3. The van der Waals surface area contributed by atoms with E-state index >= 15 is 0 Å². The van der Waals surface area contributed by atoms with Gasteiger partial charge in [0.2, 0.25) is 0 Å². The minimum Gasteiger partial charge on any atom is -0.381 e. The van der Waals surface area contributed by atoms with Gasteiger partial charge in [-0.25, -0.2) is 0 Å². The van der Waals surface area contributed by atoms with Crippen LogP contribution in [0.5, 0.6) is 0 Å². The number of rotatable bonds is 4. The van der Waals surface area contributed by atoms with Crippen LogP contribution in [0.1, 0.15) is 42.5 Å². The fraction of sp³-hybridized carbons (Fsp3) is 0.278. The molecule has 2 rings (SSSR count). The molecule has 0 bridgehead atoms. The second kappa shape index (κ2) is 5.90. The standard InChI is InChI=1S/C18H19NO/c1-3-6-14-7-4-9-16(11-14)18(2,20)17-10-5-8-15(12-17)13-19/h4-5,7-12,20H,3,6H2,1-2H3. The molecule has 0 aliphatic rings. The molecule has 0 amide bonds. The monoisotopic (exact) mass is 265 g/mol. The van der Waals surface area contributed by atoms with Gasteiger partial charge in [-0.2, -0.15) is 5.26 Å². The van der Waals surface area contributed by atoms with Crippen LogP contribution in [0.2, 0.25) is 0 Å². The van der Waals surface area contributed by atoms with Gasteiger partial charge in [-0.15, -0.1) is 0 Å². The van der Waals surface area contributed by atoms with E-state index in [-0.39, 0.29) is 0 Å². The zero-order valence-electron chi connectivity index (χ0n) is 11.9. The predicted octanol–water partition coefficient (Wildman–Crippen LogP) is 3.77. The Bertz CT molecular complexity index is 638. The summed E-state index contributed by atoms with van der Waals surface area (Å²) in [6.45, 7) is 3.91. The van der Waals surface area contributed by atoms with Gasteiger partial charge in [0.05, 0.1) is 11.6 Å². The van der Waals surface area contributed by atoms with E-state index in [0.717, 1.165) is 24.0 Å². The summed E-state index contributed by atoms with van der Waals surface area (Å²) in [4.78, 5) is 0. The van der Waals surface area contributed by atoms with Crippen molar-refractivity contribution in [3.63, 3.8) is 0 Å². The zero-order valence-corrected chi connectivity index (χ0v) is 11.9. The topological polar surface area (TPSA) is 44.0 Å². The van der Waals surface area contributed by atoms with Crippen LogP contribution in [0.4, 0.5) is 0 Å². The number of nitriles is 1. The Balaban J connectivity index is 2.43. The van der Waals surface area contributed by atoms with E-state index in [1.165, 1.54) is 5.56 Å². The summed E-state index contributed by atoms with van der Waals surface area (Å²) < 4.78 is 0. The molecule has 0 aromatic heterocycles. The van der Waals surface area contributed by atoms with Gasteiger partial charge >= 0.3 is 0 Å². The van der Waals surface area contributed by atoms with E-state index in [9.17, 15) is 5.11 Å². The van der Waals surface area contributed by atoms with Gasteiger partial charge in [-0.3, -0.25) is 0 Å². The van der Waals surface area contributed by atoms with Crippen molar-refractivity contribution in [3.05, 3.63) is 70.8 Å². The van der Waals surface area contributed by atoms with Crippen molar-refractivity contribution in [1.29, 1.82) is 5.26 Å². The molecular weight excluding hydrogens is 246 g/mol. The molecule has 0 saturated heterocycles. The molecule has 0 heterocycles. The molecule has 20 heavy (non-hydrogen) atoms. The first-order valence-electron chi connectivity index (χ1n) is 6.90. The SMILES string of the molecule is CCCc1cccc(C(C)(O)c2cccc(C#N)c2)c1. The smallest absolute Gasteiger partial charge is 0.112 e. The molecule has 0 radical (unpaired) electrons. The second-order valence-electron chi connectivity index (χ2n) is 5.22. The molecule has 2 aromatic carbocycles. The van der Waals surface area contributed by atoms with Gasteiger partial charge in [-0.1, -0.05) is 49.7 Å². The molecule has 2 nitrogen and oxygen atoms in total. The maximum absolute atomic E-state index is 10.9. The van der Waals surface area contributed by atoms with Gasteiger partial charge in [-0.05, 0) is 42.2 Å². The Labute approximate surface area is 120 Å². The summed E-state index contributed by atoms with van der Waals surface area (Å²) in [6.07, 6.45) is 2.08. The van der Waals surface area contributed by atoms with Crippen LogP contribution in [0.25, 0.3) is 0 Å². The lowest BCUT2D eigenvalue weighted by Gasteiger charge is -2.25. The minimum atomic E-state index is -1.09. The lowest BCUT2D eigenvalue weighted by molar-refractivity contribution is 0.102. The normalized spacial score (nSPS) is 13.5. The Hall–Kier alpha value is -2.11. The van der Waals surface area contributed by atoms with E-state index in [1.807, 2.05) is 24.3 Å². The number of aliphatic hydroxyl groups is 1. The van der Waals surface area contributed by atoms with Crippen LogP contribution in [-0.2, 0) is 12.0 Å². The summed E-state index contributed by atoms with van der Waals surface area (Å²) >= 11 is 0. The third-order valence-electron chi connectivity index (χ3n) is 3.58. The van der Waals surface area contributed by atoms with Crippen LogP contribution in [0.15, 0.2) is 48.5 Å². The summed E-state index contributed by atoms with van der Waals surface area (Å²) in [5.74, 6) is 0. The van der Waals surface area contributed by atoms with E-state index in [2.05, 4.69) is 19.1 Å². The van der Waals surface area contributed by atoms with E-state index < -0.39 is 5.60 Å². The Kier molecular flexibility index (Phi) is 4.22. The van der Waals surface area contributed by atoms with Crippen molar-refractivity contribution >= 4 is 0 Å². The lowest BCUT2D eigenvalue weighted by Crippen LogP contribution is -2.23. The maximum Gasteiger partial charge on any atom is 0.112 e. The quantitative estimate of drug-likeness (QED) is 0.914. The first kappa shape index (κ1) is 14.3. The summed E-state index contributed by atoms with van der Waals surface area (Å²) in [5.41, 5.74) is 2.30. The molecule has 2 heteroatoms. The van der Waals surface area contributed by atoms with Gasteiger partial charge in [0.1, 0.15) is 5.60 Å². The average molecular weight is 265 g/mol. The first-order valence-corrected chi connectivity index (χ1v) is 6.90. The Morgan fingerprint density at radius 3 is 2.40 bits per heavy atom. The molecule has 102 valence electrons. The highest BCUT2D eigenvalue weighted by Crippen LogP contribution is 2.30. The molecule has 0 aliphatic carbocycles. The molecule has 0 spiro atoms. The molecule has 1 N–H and O–H groups in total. The first-order chi connectivity index (χ1) is 9.57. The van der Waals surface area contributed by atoms with E-state index in [4.69, 9.17) is 5.26 Å². The highest BCUT2D eigenvalue weighted by atomic mass is 16.3. The number of benzene rings is 2. The van der Waals surface area contributed by atoms with Gasteiger partial charge in [0, 0.05) is 0 Å². The molecular formula is C18H19NO. The summed E-state index contributed by atoms with van der Waals surface area (Å²) in [7, 11) is 0. The van der Waals surface area contributed by atoms with Crippen molar-refractivity contribution < 1.29 is 5.11 Å². The third-order valence-corrected chi connectivity index (χ3v) is 3.58. The highest BCUT2D eigenvalue weighted by molar-refractivity contribution is 5.41. The molecule has 2 aromatic rings. The number of nitrogens with zero attached hydrogens (tertiary/aromatic N) is 1. The molecule has 0 aliphatic heterocycles. The molecule has 0 fully saturated rings. The number of hydrogen-bond donors (Lipinski definition) is 1. The van der Waals surface area contributed by atoms with Crippen molar-refractivity contribution in [2.24, 2.45) is 0 Å². The van der Waals surface area contributed by atoms with Crippen LogP contribution in [0.3, 0.4) is 0 Å². The van der Waals surface area contributed by atoms with Crippen LogP contribution < -0.4 is 0 Å². The van der Waals surface area contributed by atoms with Crippen molar-refractivity contribution in [2.75, 3.05) is 0 Å². The van der Waals surface area contributed by atoms with Gasteiger partial charge in [0.25, 0.3) is 0 Å². The second-order valence-corrected chi connectivity index (χ2v) is 5.22. The maximum atomic E-state index is 10.9. The summed E-state index contributed by atoms with van der Waals surface area (Å²) in [5, 5.41) is 19.8. The van der Waals surface area contributed by atoms with E-state index in [1.54, 1.807) is 25.1 Å². The molecule has 1 atom stereocenters. The van der Waals surface area contributed by atoms with Crippen LogP contribution >= 0.6 is 0 Å². The minimum absolute atomic E-state index is 0.562. The van der Waals surface area contributed by atoms with Crippen LogP contribution in [0, 0.1) is 11.3 Å². The van der Waals surface area contributed by atoms with E-state index in [0.29, 0.717) is 5.56 Å². The van der Waals surface area contributed by atoms with Gasteiger partial charge in [0.15, 0.2) is 0 Å². The third kappa shape index (κ3) is 2.89. The van der Waals surface area contributed by atoms with Crippen molar-refractivity contribution in [3.8, 4) is 6.07 Å².